The Morgan fingerprint density at radius 3 is 2.42 bits per heavy atom. The average molecular weight is 228 g/mol. The van der Waals surface area contributed by atoms with E-state index >= 15 is 0 Å². The van der Waals surface area contributed by atoms with Crippen LogP contribution in [-0.2, 0) is 0 Å². The van der Waals surface area contributed by atoms with Crippen LogP contribution in [-0.4, -0.2) is 0 Å². The Morgan fingerprint density at radius 1 is 1.33 bits per heavy atom. The van der Waals surface area contributed by atoms with Crippen LogP contribution >= 0.6 is 15.9 Å². The van der Waals surface area contributed by atoms with Crippen molar-refractivity contribution in [1.82, 2.24) is 0 Å². The van der Waals surface area contributed by atoms with Crippen LogP contribution in [0.3, 0.4) is 0 Å². The number of benzene rings is 1. The van der Waals surface area contributed by atoms with Gasteiger partial charge in [-0.25, -0.2) is 0 Å². The first-order chi connectivity index (χ1) is 5.74. The van der Waals surface area contributed by atoms with E-state index < -0.39 is 0 Å². The van der Waals surface area contributed by atoms with Crippen LogP contribution in [0.25, 0.3) is 0 Å². The fourth-order valence-electron chi connectivity index (χ4n) is 1.19. The topological polar surface area (TPSA) is 26.0 Å². The molecule has 0 aliphatic carbocycles. The van der Waals surface area contributed by atoms with Gasteiger partial charge in [-0.2, -0.15) is 0 Å². The maximum absolute atomic E-state index is 5.94. The molecule has 0 saturated carbocycles. The van der Waals surface area contributed by atoms with E-state index in [0.29, 0.717) is 0 Å². The van der Waals surface area contributed by atoms with Gasteiger partial charge >= 0.3 is 0 Å². The van der Waals surface area contributed by atoms with Gasteiger partial charge in [0, 0.05) is 10.5 Å². The lowest BCUT2D eigenvalue weighted by molar-refractivity contribution is 0.638. The van der Waals surface area contributed by atoms with E-state index in [2.05, 4.69) is 35.0 Å². The second-order valence-electron chi connectivity index (χ2n) is 2.95. The van der Waals surface area contributed by atoms with E-state index in [1.807, 2.05) is 12.1 Å². The van der Waals surface area contributed by atoms with Crippen LogP contribution in [0.5, 0.6) is 0 Å². The quantitative estimate of drug-likeness (QED) is 0.844. The maximum atomic E-state index is 5.94. The number of nitrogens with two attached hydrogens (primary N) is 1. The molecule has 1 rings (SSSR count). The van der Waals surface area contributed by atoms with E-state index in [4.69, 9.17) is 5.73 Å². The lowest BCUT2D eigenvalue weighted by atomic mass is 10.0. The Hall–Kier alpha value is -0.340. The molecular weight excluding hydrogens is 214 g/mol. The first-order valence-electron chi connectivity index (χ1n) is 4.25. The van der Waals surface area contributed by atoms with Crippen LogP contribution in [0, 0.1) is 0 Å². The molecule has 0 aliphatic rings. The summed E-state index contributed by atoms with van der Waals surface area (Å²) < 4.78 is 1.11. The van der Waals surface area contributed by atoms with Crippen molar-refractivity contribution in [2.75, 3.05) is 0 Å². The number of halogens is 1. The SMILES string of the molecule is CCC[C@@H](N)c1ccc(Br)cc1. The second-order valence-corrected chi connectivity index (χ2v) is 3.86. The van der Waals surface area contributed by atoms with Crippen molar-refractivity contribution in [3.05, 3.63) is 34.3 Å². The smallest absolute Gasteiger partial charge is 0.0294 e. The van der Waals surface area contributed by atoms with Gasteiger partial charge in [-0.3, -0.25) is 0 Å². The fraction of sp³-hybridized carbons (Fsp3) is 0.400. The Kier molecular flexibility index (Phi) is 3.76. The van der Waals surface area contributed by atoms with Gasteiger partial charge in [-0.15, -0.1) is 0 Å². The van der Waals surface area contributed by atoms with Crippen molar-refractivity contribution in [2.24, 2.45) is 5.73 Å². The van der Waals surface area contributed by atoms with Crippen LogP contribution < -0.4 is 5.73 Å². The van der Waals surface area contributed by atoms with Crippen LogP contribution in [0.15, 0.2) is 28.7 Å². The van der Waals surface area contributed by atoms with Gasteiger partial charge in [0.05, 0.1) is 0 Å². The van der Waals surface area contributed by atoms with Crippen molar-refractivity contribution in [2.45, 2.75) is 25.8 Å². The maximum Gasteiger partial charge on any atom is 0.0294 e. The molecule has 1 atom stereocenters. The van der Waals surface area contributed by atoms with Crippen LogP contribution in [0.4, 0.5) is 0 Å². The van der Waals surface area contributed by atoms with Gasteiger partial charge in [0.1, 0.15) is 0 Å². The summed E-state index contributed by atoms with van der Waals surface area (Å²) in [6.45, 7) is 2.15. The van der Waals surface area contributed by atoms with Crippen LogP contribution in [0.1, 0.15) is 31.4 Å². The van der Waals surface area contributed by atoms with E-state index in [1.54, 1.807) is 0 Å². The Balaban J connectivity index is 2.68. The number of hydrogen-bond acceptors (Lipinski definition) is 1. The fourth-order valence-corrected chi connectivity index (χ4v) is 1.45. The highest BCUT2D eigenvalue weighted by molar-refractivity contribution is 9.10. The molecular formula is C10H14BrN. The van der Waals surface area contributed by atoms with Crippen LogP contribution in [0.2, 0.25) is 0 Å². The third-order valence-electron chi connectivity index (χ3n) is 1.90. The molecule has 0 spiro atoms. The van der Waals surface area contributed by atoms with Crippen molar-refractivity contribution in [1.29, 1.82) is 0 Å². The molecule has 2 N–H and O–H groups in total. The van der Waals surface area contributed by atoms with Crippen molar-refractivity contribution >= 4 is 15.9 Å². The minimum absolute atomic E-state index is 0.197. The predicted molar refractivity (Wildman–Crippen MR) is 56.0 cm³/mol. The minimum atomic E-state index is 0.197. The molecule has 0 amide bonds. The summed E-state index contributed by atoms with van der Waals surface area (Å²) in [5.74, 6) is 0. The summed E-state index contributed by atoms with van der Waals surface area (Å²) in [7, 11) is 0. The Morgan fingerprint density at radius 2 is 1.92 bits per heavy atom. The monoisotopic (exact) mass is 227 g/mol. The van der Waals surface area contributed by atoms with Gasteiger partial charge in [0.2, 0.25) is 0 Å². The molecule has 0 heterocycles. The highest BCUT2D eigenvalue weighted by Crippen LogP contribution is 2.18. The predicted octanol–water partition coefficient (Wildman–Crippen LogP) is 3.25. The molecule has 0 saturated heterocycles. The standard InChI is InChI=1S/C10H14BrN/c1-2-3-10(12)8-4-6-9(11)7-5-8/h4-7,10H,2-3,12H2,1H3/t10-/m1/s1. The summed E-state index contributed by atoms with van der Waals surface area (Å²) >= 11 is 3.39. The molecule has 0 radical (unpaired) electrons. The van der Waals surface area contributed by atoms with Gasteiger partial charge in [0.15, 0.2) is 0 Å². The molecule has 1 nitrogen and oxygen atoms in total. The molecule has 0 fully saturated rings. The molecule has 12 heavy (non-hydrogen) atoms. The number of hydrogen-bond donors (Lipinski definition) is 1. The van der Waals surface area contributed by atoms with E-state index in [9.17, 15) is 0 Å². The van der Waals surface area contributed by atoms with Crippen molar-refractivity contribution in [3.63, 3.8) is 0 Å². The Labute approximate surface area is 82.1 Å². The molecule has 2 heteroatoms. The molecule has 1 aromatic carbocycles. The average Bonchev–Trinajstić information content (AvgIpc) is 2.06. The summed E-state index contributed by atoms with van der Waals surface area (Å²) in [6.07, 6.45) is 2.19. The summed E-state index contributed by atoms with van der Waals surface area (Å²) in [5.41, 5.74) is 7.16. The molecule has 1 aromatic rings. The minimum Gasteiger partial charge on any atom is -0.324 e. The number of rotatable bonds is 3. The lowest BCUT2D eigenvalue weighted by Crippen LogP contribution is -2.09. The van der Waals surface area contributed by atoms with Crippen molar-refractivity contribution in [3.8, 4) is 0 Å². The third kappa shape index (κ3) is 2.61. The van der Waals surface area contributed by atoms with E-state index in [-0.39, 0.29) is 6.04 Å². The van der Waals surface area contributed by atoms with E-state index in [1.165, 1.54) is 5.56 Å². The molecule has 0 aliphatic heterocycles. The largest absolute Gasteiger partial charge is 0.324 e. The highest BCUT2D eigenvalue weighted by Gasteiger charge is 2.02. The van der Waals surface area contributed by atoms with Gasteiger partial charge in [-0.1, -0.05) is 41.4 Å². The lowest BCUT2D eigenvalue weighted by Gasteiger charge is -2.09. The zero-order valence-electron chi connectivity index (χ0n) is 7.26. The molecule has 0 unspecified atom stereocenters. The third-order valence-corrected chi connectivity index (χ3v) is 2.43. The van der Waals surface area contributed by atoms with E-state index in [0.717, 1.165) is 17.3 Å². The first-order valence-corrected chi connectivity index (χ1v) is 5.04. The Bertz CT molecular complexity index is 230. The van der Waals surface area contributed by atoms with Gasteiger partial charge in [0.25, 0.3) is 0 Å². The summed E-state index contributed by atoms with van der Waals surface area (Å²) in [4.78, 5) is 0. The second kappa shape index (κ2) is 4.63. The summed E-state index contributed by atoms with van der Waals surface area (Å²) in [6, 6.07) is 8.41. The molecule has 0 aromatic heterocycles. The highest BCUT2D eigenvalue weighted by atomic mass is 79.9. The van der Waals surface area contributed by atoms with Gasteiger partial charge in [-0.05, 0) is 24.1 Å². The normalized spacial score (nSPS) is 12.9. The zero-order chi connectivity index (χ0) is 8.97. The molecule has 0 bridgehead atoms. The molecule has 66 valence electrons. The summed E-state index contributed by atoms with van der Waals surface area (Å²) in [5, 5.41) is 0. The van der Waals surface area contributed by atoms with Gasteiger partial charge < -0.3 is 5.73 Å². The first kappa shape index (κ1) is 9.75. The van der Waals surface area contributed by atoms with Crippen molar-refractivity contribution < 1.29 is 0 Å². The zero-order valence-corrected chi connectivity index (χ0v) is 8.84.